The van der Waals surface area contributed by atoms with Crippen LogP contribution in [0.5, 0.6) is 0 Å². The SMILES string of the molecule is CCc1nnc(NC2(c3ccc(Cl)cc3)CC2)c(C)c1C. The molecule has 0 spiro atoms. The van der Waals surface area contributed by atoms with Gasteiger partial charge in [0, 0.05) is 5.02 Å². The molecule has 1 aromatic carbocycles. The van der Waals surface area contributed by atoms with Gasteiger partial charge in [-0.3, -0.25) is 0 Å². The van der Waals surface area contributed by atoms with E-state index in [0.29, 0.717) is 0 Å². The van der Waals surface area contributed by atoms with Crippen molar-refractivity contribution in [1.82, 2.24) is 10.2 Å². The summed E-state index contributed by atoms with van der Waals surface area (Å²) in [7, 11) is 0. The molecule has 0 radical (unpaired) electrons. The van der Waals surface area contributed by atoms with Crippen molar-refractivity contribution in [1.29, 1.82) is 0 Å². The first-order valence-corrected chi connectivity index (χ1v) is 7.80. The van der Waals surface area contributed by atoms with E-state index in [2.05, 4.69) is 48.4 Å². The molecule has 0 bridgehead atoms. The van der Waals surface area contributed by atoms with Gasteiger partial charge < -0.3 is 5.32 Å². The van der Waals surface area contributed by atoms with Crippen LogP contribution in [0.1, 0.15) is 42.1 Å². The van der Waals surface area contributed by atoms with E-state index in [1.54, 1.807) is 0 Å². The molecule has 1 aliphatic rings. The second-order valence-electron chi connectivity index (χ2n) is 5.81. The van der Waals surface area contributed by atoms with Gasteiger partial charge in [0.2, 0.25) is 0 Å². The van der Waals surface area contributed by atoms with Crippen molar-refractivity contribution in [3.05, 3.63) is 51.7 Å². The minimum atomic E-state index is 0.00417. The number of hydrogen-bond donors (Lipinski definition) is 1. The first-order valence-electron chi connectivity index (χ1n) is 7.43. The molecule has 1 aliphatic carbocycles. The lowest BCUT2D eigenvalue weighted by atomic mass is 10.0. The highest BCUT2D eigenvalue weighted by Gasteiger charge is 2.45. The number of rotatable bonds is 4. The quantitative estimate of drug-likeness (QED) is 0.909. The fourth-order valence-corrected chi connectivity index (χ4v) is 2.84. The molecular weight excluding hydrogens is 282 g/mol. The lowest BCUT2D eigenvalue weighted by molar-refractivity contribution is 0.780. The Labute approximate surface area is 130 Å². The Balaban J connectivity index is 1.90. The number of nitrogens with zero attached hydrogens (tertiary/aromatic N) is 2. The van der Waals surface area contributed by atoms with Crippen LogP contribution in [0.4, 0.5) is 5.82 Å². The van der Waals surface area contributed by atoms with Crippen molar-refractivity contribution in [2.75, 3.05) is 5.32 Å². The third-order valence-corrected chi connectivity index (χ3v) is 4.71. The number of anilines is 1. The molecule has 0 saturated heterocycles. The van der Waals surface area contributed by atoms with Gasteiger partial charge in [0.15, 0.2) is 5.82 Å². The molecule has 21 heavy (non-hydrogen) atoms. The van der Waals surface area contributed by atoms with Crippen LogP contribution in [0, 0.1) is 13.8 Å². The van der Waals surface area contributed by atoms with Crippen LogP contribution in [0.15, 0.2) is 24.3 Å². The average Bonchev–Trinajstić information content (AvgIpc) is 3.26. The summed E-state index contributed by atoms with van der Waals surface area (Å²) in [6, 6.07) is 8.09. The Bertz CT molecular complexity index is 660. The Hall–Kier alpha value is -1.61. The average molecular weight is 302 g/mol. The van der Waals surface area contributed by atoms with Crippen molar-refractivity contribution >= 4 is 17.4 Å². The first-order chi connectivity index (χ1) is 10.1. The molecule has 0 atom stereocenters. The van der Waals surface area contributed by atoms with Crippen LogP contribution >= 0.6 is 11.6 Å². The zero-order valence-electron chi connectivity index (χ0n) is 12.7. The number of aryl methyl sites for hydroxylation is 1. The molecule has 1 aromatic heterocycles. The summed E-state index contributed by atoms with van der Waals surface area (Å²) >= 11 is 5.98. The van der Waals surface area contributed by atoms with Gasteiger partial charge in [-0.2, -0.15) is 5.10 Å². The Morgan fingerprint density at radius 1 is 1.10 bits per heavy atom. The fourth-order valence-electron chi connectivity index (χ4n) is 2.72. The Morgan fingerprint density at radius 3 is 2.33 bits per heavy atom. The molecule has 1 fully saturated rings. The maximum absolute atomic E-state index is 5.98. The van der Waals surface area contributed by atoms with E-state index >= 15 is 0 Å². The highest BCUT2D eigenvalue weighted by molar-refractivity contribution is 6.30. The largest absolute Gasteiger partial charge is 0.359 e. The molecule has 4 heteroatoms. The molecular formula is C17H20ClN3. The summed E-state index contributed by atoms with van der Waals surface area (Å²) in [5.41, 5.74) is 4.79. The van der Waals surface area contributed by atoms with E-state index in [-0.39, 0.29) is 5.54 Å². The number of nitrogens with one attached hydrogen (secondary N) is 1. The van der Waals surface area contributed by atoms with Crippen molar-refractivity contribution in [2.45, 2.75) is 45.6 Å². The fraction of sp³-hybridized carbons (Fsp3) is 0.412. The topological polar surface area (TPSA) is 37.8 Å². The highest BCUT2D eigenvalue weighted by atomic mass is 35.5. The summed E-state index contributed by atoms with van der Waals surface area (Å²) in [5, 5.41) is 13.1. The van der Waals surface area contributed by atoms with Gasteiger partial charge in [0.25, 0.3) is 0 Å². The van der Waals surface area contributed by atoms with E-state index in [1.807, 2.05) is 12.1 Å². The number of benzene rings is 1. The summed E-state index contributed by atoms with van der Waals surface area (Å²) in [6.45, 7) is 6.35. The van der Waals surface area contributed by atoms with E-state index in [1.165, 1.54) is 16.7 Å². The lowest BCUT2D eigenvalue weighted by Gasteiger charge is -2.21. The minimum Gasteiger partial charge on any atom is -0.359 e. The van der Waals surface area contributed by atoms with E-state index in [4.69, 9.17) is 11.6 Å². The Morgan fingerprint density at radius 2 is 1.76 bits per heavy atom. The number of aromatic nitrogens is 2. The highest BCUT2D eigenvalue weighted by Crippen LogP contribution is 2.48. The van der Waals surface area contributed by atoms with Crippen LogP contribution < -0.4 is 5.32 Å². The third-order valence-electron chi connectivity index (χ3n) is 4.46. The second-order valence-corrected chi connectivity index (χ2v) is 6.25. The maximum atomic E-state index is 5.98. The van der Waals surface area contributed by atoms with Crippen molar-refractivity contribution in [2.24, 2.45) is 0 Å². The van der Waals surface area contributed by atoms with Gasteiger partial charge in [-0.15, -0.1) is 5.10 Å². The van der Waals surface area contributed by atoms with Gasteiger partial charge in [-0.1, -0.05) is 30.7 Å². The first kappa shape index (κ1) is 14.3. The summed E-state index contributed by atoms with van der Waals surface area (Å²) in [6.07, 6.45) is 3.15. The molecule has 1 N–H and O–H groups in total. The van der Waals surface area contributed by atoms with E-state index < -0.39 is 0 Å². The molecule has 0 amide bonds. The number of hydrogen-bond acceptors (Lipinski definition) is 3. The summed E-state index contributed by atoms with van der Waals surface area (Å²) in [5.74, 6) is 0.900. The zero-order valence-corrected chi connectivity index (χ0v) is 13.5. The van der Waals surface area contributed by atoms with Crippen LogP contribution in [-0.4, -0.2) is 10.2 Å². The lowest BCUT2D eigenvalue weighted by Crippen LogP contribution is -2.21. The molecule has 2 aromatic rings. The van der Waals surface area contributed by atoms with E-state index in [0.717, 1.165) is 35.8 Å². The molecule has 0 aliphatic heterocycles. The van der Waals surface area contributed by atoms with Gasteiger partial charge >= 0.3 is 0 Å². The molecule has 1 heterocycles. The predicted molar refractivity (Wildman–Crippen MR) is 86.9 cm³/mol. The molecule has 1 saturated carbocycles. The van der Waals surface area contributed by atoms with Crippen LogP contribution in [0.25, 0.3) is 0 Å². The zero-order chi connectivity index (χ0) is 15.0. The normalized spacial score (nSPS) is 15.8. The van der Waals surface area contributed by atoms with Crippen LogP contribution in [0.3, 0.4) is 0 Å². The molecule has 3 nitrogen and oxygen atoms in total. The smallest absolute Gasteiger partial charge is 0.152 e. The van der Waals surface area contributed by atoms with Crippen molar-refractivity contribution in [3.8, 4) is 0 Å². The van der Waals surface area contributed by atoms with Gasteiger partial charge in [0.05, 0.1) is 11.2 Å². The molecule has 3 rings (SSSR count). The van der Waals surface area contributed by atoms with Crippen LogP contribution in [-0.2, 0) is 12.0 Å². The monoisotopic (exact) mass is 301 g/mol. The minimum absolute atomic E-state index is 0.00417. The van der Waals surface area contributed by atoms with Gasteiger partial charge in [0.1, 0.15) is 0 Å². The summed E-state index contributed by atoms with van der Waals surface area (Å²) in [4.78, 5) is 0. The standard InChI is InChI=1S/C17H20ClN3/c1-4-15-11(2)12(3)16(21-20-15)19-17(9-10-17)13-5-7-14(18)8-6-13/h5-8H,4,9-10H2,1-3H3,(H,19,21). The van der Waals surface area contributed by atoms with Crippen molar-refractivity contribution in [3.63, 3.8) is 0 Å². The summed E-state index contributed by atoms with van der Waals surface area (Å²) < 4.78 is 0. The predicted octanol–water partition coefficient (Wildman–Crippen LogP) is 4.41. The Kier molecular flexibility index (Phi) is 3.62. The molecule has 0 unspecified atom stereocenters. The van der Waals surface area contributed by atoms with Gasteiger partial charge in [-0.25, -0.2) is 0 Å². The third kappa shape index (κ3) is 2.62. The maximum Gasteiger partial charge on any atom is 0.152 e. The number of halogens is 1. The molecule has 110 valence electrons. The second kappa shape index (κ2) is 5.30. The van der Waals surface area contributed by atoms with Crippen LogP contribution in [0.2, 0.25) is 5.02 Å². The van der Waals surface area contributed by atoms with Crippen molar-refractivity contribution < 1.29 is 0 Å². The van der Waals surface area contributed by atoms with E-state index in [9.17, 15) is 0 Å². The van der Waals surface area contributed by atoms with Gasteiger partial charge in [-0.05, 0) is 61.9 Å².